The maximum Gasteiger partial charge on any atom is 0.0716 e. The molecule has 2 heteroatoms. The molecular weight excluding hydrogens is 152 g/mol. The molecular formula is C10H14O2. The zero-order valence-electron chi connectivity index (χ0n) is 7.50. The highest BCUT2D eigenvalue weighted by molar-refractivity contribution is 5.30. The normalized spacial score (nSPS) is 10.2. The van der Waals surface area contributed by atoms with Crippen LogP contribution < -0.4 is 0 Å². The summed E-state index contributed by atoms with van der Waals surface area (Å²) in [4.78, 5) is 0. The van der Waals surface area contributed by atoms with Gasteiger partial charge in [-0.3, -0.25) is 0 Å². The summed E-state index contributed by atoms with van der Waals surface area (Å²) in [7, 11) is 1.66. The number of rotatable bonds is 3. The lowest BCUT2D eigenvalue weighted by Crippen LogP contribution is -1.96. The average Bonchev–Trinajstić information content (AvgIpc) is 2.05. The van der Waals surface area contributed by atoms with E-state index in [9.17, 15) is 0 Å². The fourth-order valence-electron chi connectivity index (χ4n) is 1.20. The van der Waals surface area contributed by atoms with E-state index in [1.165, 1.54) is 5.56 Å². The third-order valence-electron chi connectivity index (χ3n) is 1.83. The maximum absolute atomic E-state index is 8.98. The van der Waals surface area contributed by atoms with Gasteiger partial charge in [-0.2, -0.15) is 0 Å². The topological polar surface area (TPSA) is 29.5 Å². The van der Waals surface area contributed by atoms with E-state index < -0.39 is 0 Å². The quantitative estimate of drug-likeness (QED) is 0.739. The minimum atomic E-state index is 0.0823. The van der Waals surface area contributed by atoms with Crippen LogP contribution in [0.4, 0.5) is 0 Å². The van der Waals surface area contributed by atoms with Crippen LogP contribution in [0, 0.1) is 6.92 Å². The van der Waals surface area contributed by atoms with Crippen LogP contribution in [0.5, 0.6) is 0 Å². The lowest BCUT2D eigenvalue weighted by Gasteiger charge is -2.06. The van der Waals surface area contributed by atoms with Crippen LogP contribution in [0.1, 0.15) is 16.7 Å². The molecule has 0 aromatic heterocycles. The van der Waals surface area contributed by atoms with Crippen molar-refractivity contribution >= 4 is 0 Å². The van der Waals surface area contributed by atoms with E-state index in [2.05, 4.69) is 0 Å². The molecule has 0 aliphatic heterocycles. The van der Waals surface area contributed by atoms with Crippen molar-refractivity contribution in [1.82, 2.24) is 0 Å². The maximum atomic E-state index is 8.98. The molecule has 0 radical (unpaired) electrons. The molecule has 0 bridgehead atoms. The summed E-state index contributed by atoms with van der Waals surface area (Å²) < 4.78 is 5.01. The number of hydrogen-bond donors (Lipinski definition) is 1. The first-order chi connectivity index (χ1) is 5.77. The smallest absolute Gasteiger partial charge is 0.0716 e. The van der Waals surface area contributed by atoms with Crippen LogP contribution in [0.3, 0.4) is 0 Å². The molecule has 1 aromatic carbocycles. The molecule has 0 spiro atoms. The standard InChI is InChI=1S/C10H14O2/c1-8-3-4-9(6-11)10(5-8)7-12-2/h3-5,11H,6-7H2,1-2H3. The molecule has 0 aliphatic rings. The Morgan fingerprint density at radius 3 is 2.67 bits per heavy atom. The van der Waals surface area contributed by atoms with Crippen LogP contribution in [0.2, 0.25) is 0 Å². The summed E-state index contributed by atoms with van der Waals surface area (Å²) in [6.07, 6.45) is 0. The summed E-state index contributed by atoms with van der Waals surface area (Å²) in [6, 6.07) is 5.96. The van der Waals surface area contributed by atoms with Crippen molar-refractivity contribution in [2.24, 2.45) is 0 Å². The summed E-state index contributed by atoms with van der Waals surface area (Å²) in [5.74, 6) is 0. The van der Waals surface area contributed by atoms with Crippen LogP contribution in [-0.4, -0.2) is 12.2 Å². The van der Waals surface area contributed by atoms with Gasteiger partial charge in [0.25, 0.3) is 0 Å². The number of benzene rings is 1. The van der Waals surface area contributed by atoms with Gasteiger partial charge in [0.05, 0.1) is 13.2 Å². The number of hydrogen-bond acceptors (Lipinski definition) is 2. The first-order valence-corrected chi connectivity index (χ1v) is 3.96. The van der Waals surface area contributed by atoms with Crippen molar-refractivity contribution in [2.45, 2.75) is 20.1 Å². The van der Waals surface area contributed by atoms with Crippen LogP contribution in [0.25, 0.3) is 0 Å². The second-order valence-electron chi connectivity index (χ2n) is 2.86. The Morgan fingerprint density at radius 2 is 2.08 bits per heavy atom. The number of aryl methyl sites for hydroxylation is 1. The lowest BCUT2D eigenvalue weighted by molar-refractivity contribution is 0.181. The first kappa shape index (κ1) is 9.23. The summed E-state index contributed by atoms with van der Waals surface area (Å²) in [6.45, 7) is 2.68. The van der Waals surface area contributed by atoms with E-state index in [-0.39, 0.29) is 6.61 Å². The minimum Gasteiger partial charge on any atom is -0.392 e. The van der Waals surface area contributed by atoms with Gasteiger partial charge >= 0.3 is 0 Å². The van der Waals surface area contributed by atoms with Crippen molar-refractivity contribution in [3.63, 3.8) is 0 Å². The molecule has 1 rings (SSSR count). The highest BCUT2D eigenvalue weighted by Gasteiger charge is 2.00. The van der Waals surface area contributed by atoms with Gasteiger partial charge in [0.1, 0.15) is 0 Å². The Bertz CT molecular complexity index is 256. The number of aliphatic hydroxyl groups is 1. The molecule has 0 amide bonds. The minimum absolute atomic E-state index is 0.0823. The number of ether oxygens (including phenoxy) is 1. The second-order valence-corrected chi connectivity index (χ2v) is 2.86. The molecule has 0 saturated carbocycles. The van der Waals surface area contributed by atoms with E-state index in [0.717, 1.165) is 11.1 Å². The molecule has 0 heterocycles. The SMILES string of the molecule is COCc1cc(C)ccc1CO. The Balaban J connectivity index is 2.95. The van der Waals surface area contributed by atoms with E-state index in [1.54, 1.807) is 7.11 Å². The largest absolute Gasteiger partial charge is 0.392 e. The zero-order valence-corrected chi connectivity index (χ0v) is 7.50. The molecule has 0 fully saturated rings. The van der Waals surface area contributed by atoms with Crippen LogP contribution in [-0.2, 0) is 18.0 Å². The van der Waals surface area contributed by atoms with Gasteiger partial charge in [-0.15, -0.1) is 0 Å². The summed E-state index contributed by atoms with van der Waals surface area (Å²) >= 11 is 0. The molecule has 12 heavy (non-hydrogen) atoms. The third kappa shape index (κ3) is 2.06. The number of methoxy groups -OCH3 is 1. The molecule has 66 valence electrons. The lowest BCUT2D eigenvalue weighted by atomic mass is 10.1. The van der Waals surface area contributed by atoms with Crippen molar-refractivity contribution in [3.05, 3.63) is 34.9 Å². The Morgan fingerprint density at radius 1 is 1.33 bits per heavy atom. The van der Waals surface area contributed by atoms with E-state index in [1.807, 2.05) is 25.1 Å². The van der Waals surface area contributed by atoms with Gasteiger partial charge in [-0.05, 0) is 18.1 Å². The molecule has 0 unspecified atom stereocenters. The predicted octanol–water partition coefficient (Wildman–Crippen LogP) is 1.63. The highest BCUT2D eigenvalue weighted by atomic mass is 16.5. The summed E-state index contributed by atoms with van der Waals surface area (Å²) in [5, 5.41) is 8.98. The molecule has 1 N–H and O–H groups in total. The van der Waals surface area contributed by atoms with E-state index in [0.29, 0.717) is 6.61 Å². The average molecular weight is 166 g/mol. The Hall–Kier alpha value is -0.860. The fourth-order valence-corrected chi connectivity index (χ4v) is 1.20. The first-order valence-electron chi connectivity index (χ1n) is 3.96. The van der Waals surface area contributed by atoms with Gasteiger partial charge < -0.3 is 9.84 Å². The van der Waals surface area contributed by atoms with E-state index >= 15 is 0 Å². The predicted molar refractivity (Wildman–Crippen MR) is 47.8 cm³/mol. The monoisotopic (exact) mass is 166 g/mol. The van der Waals surface area contributed by atoms with Crippen LogP contribution >= 0.6 is 0 Å². The molecule has 0 aliphatic carbocycles. The number of aliphatic hydroxyl groups excluding tert-OH is 1. The zero-order chi connectivity index (χ0) is 8.97. The molecule has 0 atom stereocenters. The Labute approximate surface area is 72.8 Å². The van der Waals surface area contributed by atoms with Crippen LogP contribution in [0.15, 0.2) is 18.2 Å². The van der Waals surface area contributed by atoms with Crippen molar-refractivity contribution in [3.8, 4) is 0 Å². The molecule has 0 saturated heterocycles. The van der Waals surface area contributed by atoms with Crippen molar-refractivity contribution in [2.75, 3.05) is 7.11 Å². The summed E-state index contributed by atoms with van der Waals surface area (Å²) in [5.41, 5.74) is 3.21. The van der Waals surface area contributed by atoms with Crippen molar-refractivity contribution < 1.29 is 9.84 Å². The van der Waals surface area contributed by atoms with Gasteiger partial charge in [-0.1, -0.05) is 23.8 Å². The molecule has 2 nitrogen and oxygen atoms in total. The molecule has 1 aromatic rings. The van der Waals surface area contributed by atoms with Gasteiger partial charge in [0, 0.05) is 7.11 Å². The fraction of sp³-hybridized carbons (Fsp3) is 0.400. The van der Waals surface area contributed by atoms with Gasteiger partial charge in [0.15, 0.2) is 0 Å². The van der Waals surface area contributed by atoms with E-state index in [4.69, 9.17) is 9.84 Å². The third-order valence-corrected chi connectivity index (χ3v) is 1.83. The van der Waals surface area contributed by atoms with Gasteiger partial charge in [0.2, 0.25) is 0 Å². The second kappa shape index (κ2) is 4.24. The van der Waals surface area contributed by atoms with Gasteiger partial charge in [-0.25, -0.2) is 0 Å². The highest BCUT2D eigenvalue weighted by Crippen LogP contribution is 2.12. The van der Waals surface area contributed by atoms with Crippen molar-refractivity contribution in [1.29, 1.82) is 0 Å². The Kier molecular flexibility index (Phi) is 3.26.